The minimum atomic E-state index is -1.42. The fourth-order valence-electron chi connectivity index (χ4n) is 6.40. The van der Waals surface area contributed by atoms with Crippen LogP contribution in [0.3, 0.4) is 0 Å². The Hall–Kier alpha value is -3.75. The number of hydrogen-bond acceptors (Lipinski definition) is 13. The second-order valence-electron chi connectivity index (χ2n) is 15.6. The zero-order chi connectivity index (χ0) is 42.7. The van der Waals surface area contributed by atoms with Crippen LogP contribution in [-0.4, -0.2) is 110 Å². The fourth-order valence-corrected chi connectivity index (χ4v) is 6.40. The third-order valence-corrected chi connectivity index (χ3v) is 10.0. The standard InChI is InChI=1S/C43H73NO14/c1-2-3-4-5-6-7-19-31-54-38(49)23-15-10-16-26-41(52)57-34-43(32-55-39(50)24-13-8-11-21-36(45)46,33-56-40(51)25-14-9-12-22-37(47)48)35-58-42(53)27-20-30-44-28-17-18-29-44/h2-35H2,1H3,(H,45,46)(H,47,48). The number of likely N-dealkylation sites (tertiary alicyclic amines) is 1. The molecule has 1 aliphatic rings. The Balaban J connectivity index is 2.80. The maximum atomic E-state index is 12.9. The molecule has 0 aromatic rings. The molecule has 0 aromatic carbocycles. The first-order valence-electron chi connectivity index (χ1n) is 21.9. The Morgan fingerprint density at radius 2 is 0.759 bits per heavy atom. The van der Waals surface area contributed by atoms with E-state index in [1.54, 1.807) is 0 Å². The summed E-state index contributed by atoms with van der Waals surface area (Å²) >= 11 is 0. The number of hydrogen-bond donors (Lipinski definition) is 2. The summed E-state index contributed by atoms with van der Waals surface area (Å²) in [5, 5.41) is 17.7. The topological polar surface area (TPSA) is 209 Å². The maximum Gasteiger partial charge on any atom is 0.305 e. The van der Waals surface area contributed by atoms with Gasteiger partial charge in [-0.1, -0.05) is 64.7 Å². The van der Waals surface area contributed by atoms with Gasteiger partial charge in [0.2, 0.25) is 0 Å². The lowest BCUT2D eigenvalue weighted by molar-refractivity contribution is -0.171. The number of aliphatic carboxylic acids is 2. The van der Waals surface area contributed by atoms with Crippen LogP contribution in [-0.2, 0) is 57.2 Å². The number of ether oxygens (including phenoxy) is 5. The zero-order valence-electron chi connectivity index (χ0n) is 35.3. The SMILES string of the molecule is CCCCCCCCCOC(=O)CCCCCC(=O)OCC(COC(=O)CCCCCC(=O)O)(COC(=O)CCCCCC(=O)O)COC(=O)CCCN1CCCC1. The zero-order valence-corrected chi connectivity index (χ0v) is 35.3. The molecule has 15 heteroatoms. The van der Waals surface area contributed by atoms with E-state index in [-0.39, 0.29) is 77.3 Å². The first-order chi connectivity index (χ1) is 27.9. The van der Waals surface area contributed by atoms with E-state index < -0.39 is 41.2 Å². The van der Waals surface area contributed by atoms with Crippen LogP contribution in [0.1, 0.15) is 174 Å². The average molecular weight is 828 g/mol. The third-order valence-electron chi connectivity index (χ3n) is 10.0. The molecule has 1 rings (SSSR count). The molecule has 1 fully saturated rings. The van der Waals surface area contributed by atoms with Crippen molar-refractivity contribution in [3.63, 3.8) is 0 Å². The van der Waals surface area contributed by atoms with E-state index in [1.165, 1.54) is 25.7 Å². The van der Waals surface area contributed by atoms with Gasteiger partial charge in [0.05, 0.1) is 6.61 Å². The quantitative estimate of drug-likeness (QED) is 0.0355. The maximum absolute atomic E-state index is 12.9. The van der Waals surface area contributed by atoms with Gasteiger partial charge in [-0.2, -0.15) is 0 Å². The van der Waals surface area contributed by atoms with Crippen molar-refractivity contribution in [2.45, 2.75) is 174 Å². The van der Waals surface area contributed by atoms with E-state index >= 15 is 0 Å². The van der Waals surface area contributed by atoms with E-state index in [1.807, 2.05) is 0 Å². The summed E-state index contributed by atoms with van der Waals surface area (Å²) in [7, 11) is 0. The molecule has 15 nitrogen and oxygen atoms in total. The van der Waals surface area contributed by atoms with Crippen molar-refractivity contribution in [1.29, 1.82) is 0 Å². The normalized spacial score (nSPS) is 12.8. The van der Waals surface area contributed by atoms with Crippen LogP contribution in [0, 0.1) is 5.41 Å². The molecule has 1 saturated heterocycles. The molecule has 0 spiro atoms. The van der Waals surface area contributed by atoms with Gasteiger partial charge in [0.15, 0.2) is 0 Å². The molecule has 2 N–H and O–H groups in total. The number of carbonyl (C=O) groups excluding carboxylic acids is 5. The highest BCUT2D eigenvalue weighted by Gasteiger charge is 2.38. The van der Waals surface area contributed by atoms with Crippen molar-refractivity contribution in [2.75, 3.05) is 52.7 Å². The molecule has 0 aliphatic carbocycles. The smallest absolute Gasteiger partial charge is 0.305 e. The molecule has 0 radical (unpaired) electrons. The van der Waals surface area contributed by atoms with E-state index in [9.17, 15) is 33.6 Å². The molecule has 0 unspecified atom stereocenters. The first-order valence-corrected chi connectivity index (χ1v) is 21.9. The van der Waals surface area contributed by atoms with E-state index in [4.69, 9.17) is 33.9 Å². The van der Waals surface area contributed by atoms with Crippen LogP contribution in [0.2, 0.25) is 0 Å². The van der Waals surface area contributed by atoms with E-state index in [0.29, 0.717) is 70.8 Å². The van der Waals surface area contributed by atoms with Crippen molar-refractivity contribution < 1.29 is 67.5 Å². The van der Waals surface area contributed by atoms with Crippen LogP contribution in [0.15, 0.2) is 0 Å². The largest absolute Gasteiger partial charge is 0.481 e. The Morgan fingerprint density at radius 1 is 0.431 bits per heavy atom. The summed E-state index contributed by atoms with van der Waals surface area (Å²) in [4.78, 5) is 87.4. The predicted molar refractivity (Wildman–Crippen MR) is 215 cm³/mol. The number of carbonyl (C=O) groups is 7. The number of carboxylic acids is 2. The van der Waals surface area contributed by atoms with Gasteiger partial charge in [-0.25, -0.2) is 0 Å². The lowest BCUT2D eigenvalue weighted by atomic mass is 9.92. The molecule has 1 heterocycles. The number of esters is 5. The lowest BCUT2D eigenvalue weighted by Gasteiger charge is -2.31. The molecule has 0 saturated carbocycles. The average Bonchev–Trinajstić information content (AvgIpc) is 3.71. The van der Waals surface area contributed by atoms with Gasteiger partial charge in [-0.15, -0.1) is 0 Å². The van der Waals surface area contributed by atoms with Gasteiger partial charge in [0.1, 0.15) is 31.8 Å². The summed E-state index contributed by atoms with van der Waals surface area (Å²) in [5.74, 6) is -4.33. The second-order valence-corrected chi connectivity index (χ2v) is 15.6. The summed E-state index contributed by atoms with van der Waals surface area (Å²) in [6.07, 6.45) is 15.4. The van der Waals surface area contributed by atoms with Crippen LogP contribution in [0.5, 0.6) is 0 Å². The Labute approximate surface area is 345 Å². The number of nitrogens with zero attached hydrogens (tertiary/aromatic N) is 1. The summed E-state index contributed by atoms with van der Waals surface area (Å²) in [6, 6.07) is 0. The van der Waals surface area contributed by atoms with Gasteiger partial charge >= 0.3 is 41.8 Å². The van der Waals surface area contributed by atoms with Crippen LogP contribution >= 0.6 is 0 Å². The van der Waals surface area contributed by atoms with Gasteiger partial charge in [-0.05, 0) is 83.8 Å². The highest BCUT2D eigenvalue weighted by atomic mass is 16.6. The molecular weight excluding hydrogens is 754 g/mol. The van der Waals surface area contributed by atoms with Crippen molar-refractivity contribution >= 4 is 41.8 Å². The van der Waals surface area contributed by atoms with Crippen LogP contribution < -0.4 is 0 Å². The monoisotopic (exact) mass is 828 g/mol. The van der Waals surface area contributed by atoms with Crippen molar-refractivity contribution in [1.82, 2.24) is 4.90 Å². The highest BCUT2D eigenvalue weighted by Crippen LogP contribution is 2.24. The molecule has 1 aliphatic heterocycles. The predicted octanol–water partition coefficient (Wildman–Crippen LogP) is 7.34. The number of unbranched alkanes of at least 4 members (excludes halogenated alkanes) is 12. The molecule has 0 amide bonds. The van der Waals surface area contributed by atoms with Crippen LogP contribution in [0.4, 0.5) is 0 Å². The Kier molecular flexibility index (Phi) is 30.8. The minimum Gasteiger partial charge on any atom is -0.481 e. The van der Waals surface area contributed by atoms with Gasteiger partial charge in [0.25, 0.3) is 0 Å². The summed E-state index contributed by atoms with van der Waals surface area (Å²) in [5.41, 5.74) is -1.42. The first kappa shape index (κ1) is 52.3. The fraction of sp³-hybridized carbons (Fsp3) is 0.837. The van der Waals surface area contributed by atoms with Gasteiger partial charge < -0.3 is 38.8 Å². The Morgan fingerprint density at radius 3 is 1.16 bits per heavy atom. The lowest BCUT2D eigenvalue weighted by Crippen LogP contribution is -2.44. The second kappa shape index (κ2) is 34.1. The molecule has 58 heavy (non-hydrogen) atoms. The van der Waals surface area contributed by atoms with E-state index in [0.717, 1.165) is 51.7 Å². The molecule has 0 atom stereocenters. The van der Waals surface area contributed by atoms with Crippen molar-refractivity contribution in [2.24, 2.45) is 5.41 Å². The summed E-state index contributed by atoms with van der Waals surface area (Å²) < 4.78 is 27.8. The van der Waals surface area contributed by atoms with E-state index in [2.05, 4.69) is 11.8 Å². The van der Waals surface area contributed by atoms with Crippen LogP contribution in [0.25, 0.3) is 0 Å². The minimum absolute atomic E-state index is 0.00850. The Bertz CT molecular complexity index is 1150. The molecule has 334 valence electrons. The highest BCUT2D eigenvalue weighted by molar-refractivity contribution is 5.71. The molecule has 0 bridgehead atoms. The molecule has 0 aromatic heterocycles. The summed E-state index contributed by atoms with van der Waals surface area (Å²) in [6.45, 7) is 3.83. The van der Waals surface area contributed by atoms with Crippen molar-refractivity contribution in [3.8, 4) is 0 Å². The third kappa shape index (κ3) is 30.3. The molecular formula is C43H73NO14. The number of rotatable bonds is 38. The van der Waals surface area contributed by atoms with Gasteiger partial charge in [-0.3, -0.25) is 33.6 Å². The number of carboxylic acid groups (broad SMARTS) is 2. The van der Waals surface area contributed by atoms with Crippen molar-refractivity contribution in [3.05, 3.63) is 0 Å². The van der Waals surface area contributed by atoms with Gasteiger partial charge in [0, 0.05) is 44.9 Å².